The zero-order valence-electron chi connectivity index (χ0n) is 17.5. The second-order valence-electron chi connectivity index (χ2n) is 8.49. The van der Waals surface area contributed by atoms with Gasteiger partial charge in [-0.25, -0.2) is 0 Å². The number of aliphatic imine (C=N–C) groups is 1. The highest BCUT2D eigenvalue weighted by molar-refractivity contribution is 8.00. The molecule has 1 aromatic heterocycles. The molecule has 1 aromatic rings. The molecule has 0 aromatic carbocycles. The molecule has 156 valence electrons. The molecule has 0 bridgehead atoms. The van der Waals surface area contributed by atoms with Crippen LogP contribution in [0.25, 0.3) is 0 Å². The molecule has 1 saturated carbocycles. The number of aryl methyl sites for hydroxylation is 1. The smallest absolute Gasteiger partial charge is 0.194 e. The predicted octanol–water partition coefficient (Wildman–Crippen LogP) is 3.26. The maximum absolute atomic E-state index is 5.00. The van der Waals surface area contributed by atoms with Gasteiger partial charge in [-0.1, -0.05) is 25.7 Å². The number of hydrogen-bond acceptors (Lipinski definition) is 4. The summed E-state index contributed by atoms with van der Waals surface area (Å²) in [6, 6.07) is 0. The van der Waals surface area contributed by atoms with E-state index >= 15 is 0 Å². The number of fused-ring (bicyclic) bond motifs is 1. The predicted molar refractivity (Wildman–Crippen MR) is 117 cm³/mol. The standard InChI is InChI=1S/C21H36N6S/c1-2-22-20(26-15-16-28-21(17-26)11-6-4-7-12-21)23-13-10-19-25-24-18-9-5-3-8-14-27(18)19/h2-17H2,1H3,(H,22,23). The van der Waals surface area contributed by atoms with Crippen LogP contribution in [0.1, 0.15) is 69.9 Å². The molecule has 0 atom stereocenters. The molecule has 2 fully saturated rings. The summed E-state index contributed by atoms with van der Waals surface area (Å²) in [6.45, 7) is 7.23. The lowest BCUT2D eigenvalue weighted by Crippen LogP contribution is -2.53. The lowest BCUT2D eigenvalue weighted by molar-refractivity contribution is 0.293. The number of nitrogens with zero attached hydrogens (tertiary/aromatic N) is 5. The molecule has 0 amide bonds. The Morgan fingerprint density at radius 2 is 1.96 bits per heavy atom. The minimum absolute atomic E-state index is 0.469. The summed E-state index contributed by atoms with van der Waals surface area (Å²) in [5.74, 6) is 4.62. The van der Waals surface area contributed by atoms with Crippen LogP contribution in [-0.2, 0) is 19.4 Å². The lowest BCUT2D eigenvalue weighted by atomic mass is 9.87. The van der Waals surface area contributed by atoms with Gasteiger partial charge in [-0.2, -0.15) is 11.8 Å². The van der Waals surface area contributed by atoms with Gasteiger partial charge in [-0.3, -0.25) is 4.99 Å². The van der Waals surface area contributed by atoms with Gasteiger partial charge in [0.2, 0.25) is 0 Å². The molecular formula is C21H36N6S. The lowest BCUT2D eigenvalue weighted by Gasteiger charge is -2.45. The summed E-state index contributed by atoms with van der Waals surface area (Å²) >= 11 is 2.22. The third-order valence-electron chi connectivity index (χ3n) is 6.43. The van der Waals surface area contributed by atoms with E-state index in [1.165, 1.54) is 62.9 Å². The van der Waals surface area contributed by atoms with E-state index in [0.29, 0.717) is 4.75 Å². The molecule has 1 spiro atoms. The van der Waals surface area contributed by atoms with Gasteiger partial charge in [0.25, 0.3) is 0 Å². The van der Waals surface area contributed by atoms with Crippen molar-refractivity contribution in [1.82, 2.24) is 25.0 Å². The Bertz CT molecular complexity index is 658. The highest BCUT2D eigenvalue weighted by Gasteiger charge is 2.38. The molecule has 3 heterocycles. The highest BCUT2D eigenvalue weighted by Crippen LogP contribution is 2.42. The monoisotopic (exact) mass is 404 g/mol. The number of thioether (sulfide) groups is 1. The van der Waals surface area contributed by atoms with E-state index in [2.05, 4.69) is 43.7 Å². The summed E-state index contributed by atoms with van der Waals surface area (Å²) in [6.07, 6.45) is 12.7. The van der Waals surface area contributed by atoms with Crippen molar-refractivity contribution in [3.8, 4) is 0 Å². The Hall–Kier alpha value is -1.24. The molecule has 4 rings (SSSR count). The highest BCUT2D eigenvalue weighted by atomic mass is 32.2. The van der Waals surface area contributed by atoms with Crippen molar-refractivity contribution < 1.29 is 0 Å². The SMILES string of the molecule is CCNC(=NCCc1nnc2n1CCCCC2)N1CCSC2(CCCCC2)C1. The van der Waals surface area contributed by atoms with Gasteiger partial charge in [0.05, 0.1) is 0 Å². The summed E-state index contributed by atoms with van der Waals surface area (Å²) in [5, 5.41) is 12.5. The van der Waals surface area contributed by atoms with Crippen LogP contribution in [0, 0.1) is 0 Å². The molecule has 6 nitrogen and oxygen atoms in total. The van der Waals surface area contributed by atoms with Gasteiger partial charge >= 0.3 is 0 Å². The number of rotatable bonds is 4. The molecule has 0 unspecified atom stereocenters. The molecular weight excluding hydrogens is 368 g/mol. The van der Waals surface area contributed by atoms with Gasteiger partial charge in [0.1, 0.15) is 11.6 Å². The fourth-order valence-electron chi connectivity index (χ4n) is 4.94. The summed E-state index contributed by atoms with van der Waals surface area (Å²) in [7, 11) is 0. The van der Waals surface area contributed by atoms with E-state index in [0.717, 1.165) is 57.3 Å². The molecule has 7 heteroatoms. The quantitative estimate of drug-likeness (QED) is 0.617. The van der Waals surface area contributed by atoms with E-state index in [1.807, 2.05) is 0 Å². The average molecular weight is 405 g/mol. The van der Waals surface area contributed by atoms with Crippen molar-refractivity contribution in [3.63, 3.8) is 0 Å². The molecule has 2 aliphatic heterocycles. The van der Waals surface area contributed by atoms with Crippen LogP contribution in [-0.4, -0.2) is 62.3 Å². The van der Waals surface area contributed by atoms with E-state index in [4.69, 9.17) is 4.99 Å². The molecule has 3 aliphatic rings. The number of guanidine groups is 1. The van der Waals surface area contributed by atoms with Crippen molar-refractivity contribution in [2.75, 3.05) is 31.9 Å². The van der Waals surface area contributed by atoms with Crippen molar-refractivity contribution >= 4 is 17.7 Å². The topological polar surface area (TPSA) is 58.3 Å². The molecule has 28 heavy (non-hydrogen) atoms. The van der Waals surface area contributed by atoms with Gasteiger partial charge in [-0.05, 0) is 32.6 Å². The Labute approximate surface area is 174 Å². The molecule has 1 N–H and O–H groups in total. The first-order chi connectivity index (χ1) is 13.8. The third-order valence-corrected chi connectivity index (χ3v) is 7.97. The zero-order valence-corrected chi connectivity index (χ0v) is 18.3. The fourth-order valence-corrected chi connectivity index (χ4v) is 6.51. The minimum Gasteiger partial charge on any atom is -0.357 e. The zero-order chi connectivity index (χ0) is 19.2. The number of hydrogen-bond donors (Lipinski definition) is 1. The molecule has 0 radical (unpaired) electrons. The summed E-state index contributed by atoms with van der Waals surface area (Å²) in [4.78, 5) is 7.53. The summed E-state index contributed by atoms with van der Waals surface area (Å²) in [5.41, 5.74) is 0. The second-order valence-corrected chi connectivity index (χ2v) is 10.1. The van der Waals surface area contributed by atoms with Gasteiger partial charge in [0, 0.05) is 56.1 Å². The van der Waals surface area contributed by atoms with Gasteiger partial charge in [0.15, 0.2) is 5.96 Å². The van der Waals surface area contributed by atoms with Crippen LogP contribution in [0.3, 0.4) is 0 Å². The van der Waals surface area contributed by atoms with Gasteiger partial charge < -0.3 is 14.8 Å². The van der Waals surface area contributed by atoms with E-state index in [9.17, 15) is 0 Å². The largest absolute Gasteiger partial charge is 0.357 e. The van der Waals surface area contributed by atoms with E-state index in [-0.39, 0.29) is 0 Å². The fraction of sp³-hybridized carbons (Fsp3) is 0.857. The minimum atomic E-state index is 0.469. The van der Waals surface area contributed by atoms with Crippen molar-refractivity contribution in [3.05, 3.63) is 11.6 Å². The van der Waals surface area contributed by atoms with Crippen LogP contribution in [0.5, 0.6) is 0 Å². The average Bonchev–Trinajstić information content (AvgIpc) is 2.94. The van der Waals surface area contributed by atoms with Crippen LogP contribution in [0.2, 0.25) is 0 Å². The van der Waals surface area contributed by atoms with Crippen LogP contribution < -0.4 is 5.32 Å². The van der Waals surface area contributed by atoms with E-state index < -0.39 is 0 Å². The number of nitrogens with one attached hydrogen (secondary N) is 1. The Balaban J connectivity index is 1.40. The Morgan fingerprint density at radius 1 is 1.11 bits per heavy atom. The first kappa shape index (κ1) is 20.0. The Morgan fingerprint density at radius 3 is 2.82 bits per heavy atom. The third kappa shape index (κ3) is 4.66. The van der Waals surface area contributed by atoms with E-state index in [1.54, 1.807) is 0 Å². The normalized spacial score (nSPS) is 22.8. The van der Waals surface area contributed by atoms with Crippen molar-refractivity contribution in [1.29, 1.82) is 0 Å². The first-order valence-electron chi connectivity index (χ1n) is 11.4. The Kier molecular flexibility index (Phi) is 6.81. The van der Waals surface area contributed by atoms with Crippen molar-refractivity contribution in [2.45, 2.75) is 82.4 Å². The second kappa shape index (κ2) is 9.51. The van der Waals surface area contributed by atoms with Crippen LogP contribution in [0.4, 0.5) is 0 Å². The summed E-state index contributed by atoms with van der Waals surface area (Å²) < 4.78 is 2.82. The van der Waals surface area contributed by atoms with Gasteiger partial charge in [-0.15, -0.1) is 10.2 Å². The molecule has 1 aliphatic carbocycles. The maximum Gasteiger partial charge on any atom is 0.194 e. The van der Waals surface area contributed by atoms with Crippen molar-refractivity contribution in [2.24, 2.45) is 4.99 Å². The van der Waals surface area contributed by atoms with Crippen LogP contribution >= 0.6 is 11.8 Å². The van der Waals surface area contributed by atoms with Crippen LogP contribution in [0.15, 0.2) is 4.99 Å². The maximum atomic E-state index is 5.00. The first-order valence-corrected chi connectivity index (χ1v) is 12.4. The molecule has 1 saturated heterocycles. The number of aromatic nitrogens is 3.